The maximum atomic E-state index is 12.6. The van der Waals surface area contributed by atoms with Crippen molar-refractivity contribution in [2.24, 2.45) is 0 Å². The first-order valence-electron chi connectivity index (χ1n) is 9.34. The van der Waals surface area contributed by atoms with Crippen LogP contribution in [0.25, 0.3) is 0 Å². The molecule has 5 heteroatoms. The van der Waals surface area contributed by atoms with Crippen LogP contribution in [-0.2, 0) is 22.4 Å². The fourth-order valence-electron chi connectivity index (χ4n) is 3.45. The van der Waals surface area contributed by atoms with Gasteiger partial charge in [0.1, 0.15) is 0 Å². The summed E-state index contributed by atoms with van der Waals surface area (Å²) in [6.45, 7) is 4.79. The Morgan fingerprint density at radius 1 is 1.00 bits per heavy atom. The number of rotatable bonds is 5. The van der Waals surface area contributed by atoms with E-state index in [0.29, 0.717) is 25.9 Å². The molecule has 0 radical (unpaired) electrons. The van der Waals surface area contributed by atoms with E-state index in [1.54, 1.807) is 0 Å². The number of amides is 2. The van der Waals surface area contributed by atoms with Crippen LogP contribution >= 0.6 is 0 Å². The first-order valence-corrected chi connectivity index (χ1v) is 9.34. The molecule has 0 aliphatic carbocycles. The first-order chi connectivity index (χ1) is 12.6. The lowest BCUT2D eigenvalue weighted by Crippen LogP contribution is -2.38. The van der Waals surface area contributed by atoms with Crippen LogP contribution in [0.2, 0.25) is 0 Å². The van der Waals surface area contributed by atoms with E-state index in [1.165, 1.54) is 11.1 Å². The van der Waals surface area contributed by atoms with Crippen LogP contribution in [0, 0.1) is 6.92 Å². The van der Waals surface area contributed by atoms with Gasteiger partial charge in [-0.2, -0.15) is 0 Å². The Balaban J connectivity index is 1.48. The fourth-order valence-corrected chi connectivity index (χ4v) is 3.45. The Bertz CT molecular complexity index is 739. The van der Waals surface area contributed by atoms with E-state index < -0.39 is 0 Å². The van der Waals surface area contributed by atoms with Gasteiger partial charge < -0.3 is 14.8 Å². The minimum Gasteiger partial charge on any atom is -0.367 e. The summed E-state index contributed by atoms with van der Waals surface area (Å²) in [5.41, 5.74) is 3.43. The lowest BCUT2D eigenvalue weighted by atomic mass is 10.1. The van der Waals surface area contributed by atoms with Gasteiger partial charge in [0.25, 0.3) is 0 Å². The molecule has 1 N–H and O–H groups in total. The average molecular weight is 353 g/mol. The Morgan fingerprint density at radius 2 is 1.77 bits per heavy atom. The summed E-state index contributed by atoms with van der Waals surface area (Å²) >= 11 is 0. The molecule has 0 bridgehead atoms. The number of hydrogen-bond acceptors (Lipinski definition) is 2. The molecule has 0 atom stereocenters. The van der Waals surface area contributed by atoms with E-state index in [1.807, 2.05) is 34.3 Å². The molecule has 0 unspecified atom stereocenters. The van der Waals surface area contributed by atoms with Gasteiger partial charge in [-0.1, -0.05) is 29.8 Å². The summed E-state index contributed by atoms with van der Waals surface area (Å²) < 4.78 is 0. The van der Waals surface area contributed by atoms with Gasteiger partial charge in [-0.3, -0.25) is 9.59 Å². The van der Waals surface area contributed by atoms with Crippen molar-refractivity contribution < 1.29 is 9.59 Å². The Morgan fingerprint density at radius 3 is 2.46 bits per heavy atom. The van der Waals surface area contributed by atoms with Gasteiger partial charge in [0, 0.05) is 45.0 Å². The molecule has 1 aliphatic heterocycles. The van der Waals surface area contributed by atoms with Crippen molar-refractivity contribution in [2.45, 2.75) is 32.6 Å². The Kier molecular flexibility index (Phi) is 6.10. The number of carbonyl (C=O) groups excluding carboxylic acids is 2. The van der Waals surface area contributed by atoms with Crippen LogP contribution in [-0.4, -0.2) is 52.8 Å². The number of aryl methyl sites for hydroxylation is 2. The van der Waals surface area contributed by atoms with Gasteiger partial charge in [0.2, 0.25) is 11.8 Å². The predicted molar refractivity (Wildman–Crippen MR) is 102 cm³/mol. The number of aromatic amines is 1. The molecule has 2 heterocycles. The SMILES string of the molecule is Cc1cccc(CCC(=O)N2CCCN(C(=O)Cc3cc[nH]c3)CC2)c1. The van der Waals surface area contributed by atoms with Crippen LogP contribution in [0.5, 0.6) is 0 Å². The highest BCUT2D eigenvalue weighted by Gasteiger charge is 2.22. The molecule has 1 fully saturated rings. The van der Waals surface area contributed by atoms with E-state index >= 15 is 0 Å². The zero-order valence-corrected chi connectivity index (χ0v) is 15.4. The molecule has 3 rings (SSSR count). The largest absolute Gasteiger partial charge is 0.367 e. The Hall–Kier alpha value is -2.56. The molecule has 1 aromatic carbocycles. The van der Waals surface area contributed by atoms with Crippen molar-refractivity contribution in [1.29, 1.82) is 0 Å². The van der Waals surface area contributed by atoms with Crippen molar-refractivity contribution in [3.8, 4) is 0 Å². The summed E-state index contributed by atoms with van der Waals surface area (Å²) in [4.78, 5) is 31.8. The highest BCUT2D eigenvalue weighted by atomic mass is 16.2. The number of carbonyl (C=O) groups is 2. The van der Waals surface area contributed by atoms with Crippen molar-refractivity contribution in [3.05, 3.63) is 59.4 Å². The first kappa shape index (κ1) is 18.2. The standard InChI is InChI=1S/C21H27N3O2/c1-17-4-2-5-18(14-17)6-7-20(25)23-10-3-11-24(13-12-23)21(26)15-19-8-9-22-16-19/h2,4-5,8-9,14,16,22H,3,6-7,10-13,15H2,1H3. The van der Waals surface area contributed by atoms with Gasteiger partial charge in [-0.15, -0.1) is 0 Å². The third-order valence-electron chi connectivity index (χ3n) is 4.93. The maximum Gasteiger partial charge on any atom is 0.227 e. The van der Waals surface area contributed by atoms with Gasteiger partial charge in [0.15, 0.2) is 0 Å². The summed E-state index contributed by atoms with van der Waals surface area (Å²) in [6, 6.07) is 10.2. The molecule has 1 aliphatic rings. The molecule has 0 saturated carbocycles. The topological polar surface area (TPSA) is 56.4 Å². The molecular weight excluding hydrogens is 326 g/mol. The fraction of sp³-hybridized carbons (Fsp3) is 0.429. The lowest BCUT2D eigenvalue weighted by Gasteiger charge is -2.22. The van der Waals surface area contributed by atoms with E-state index in [9.17, 15) is 9.59 Å². The molecule has 2 aromatic rings. The summed E-state index contributed by atoms with van der Waals surface area (Å²) in [7, 11) is 0. The van der Waals surface area contributed by atoms with Gasteiger partial charge in [-0.25, -0.2) is 0 Å². The number of H-pyrrole nitrogens is 1. The van der Waals surface area contributed by atoms with E-state index in [-0.39, 0.29) is 11.8 Å². The van der Waals surface area contributed by atoms with Crippen LogP contribution < -0.4 is 0 Å². The number of nitrogens with one attached hydrogen (secondary N) is 1. The van der Waals surface area contributed by atoms with Crippen molar-refractivity contribution in [1.82, 2.24) is 14.8 Å². The summed E-state index contributed by atoms with van der Waals surface area (Å²) in [5.74, 6) is 0.324. The summed E-state index contributed by atoms with van der Waals surface area (Å²) in [6.07, 6.45) is 6.25. The van der Waals surface area contributed by atoms with E-state index in [0.717, 1.165) is 31.5 Å². The van der Waals surface area contributed by atoms with Gasteiger partial charge in [0.05, 0.1) is 6.42 Å². The zero-order chi connectivity index (χ0) is 18.4. The van der Waals surface area contributed by atoms with Crippen molar-refractivity contribution in [3.63, 3.8) is 0 Å². The van der Waals surface area contributed by atoms with Crippen molar-refractivity contribution in [2.75, 3.05) is 26.2 Å². The molecule has 5 nitrogen and oxygen atoms in total. The second-order valence-corrected chi connectivity index (χ2v) is 7.00. The molecule has 1 aromatic heterocycles. The van der Waals surface area contributed by atoms with Gasteiger partial charge >= 0.3 is 0 Å². The Labute approximate surface area is 155 Å². The number of hydrogen-bond donors (Lipinski definition) is 1. The second-order valence-electron chi connectivity index (χ2n) is 7.00. The van der Waals surface area contributed by atoms with Crippen molar-refractivity contribution >= 4 is 11.8 Å². The van der Waals surface area contributed by atoms with Gasteiger partial charge in [-0.05, 0) is 37.0 Å². The van der Waals surface area contributed by atoms with E-state index in [2.05, 4.69) is 30.1 Å². The minimum atomic E-state index is 0.138. The molecule has 2 amide bonds. The molecule has 1 saturated heterocycles. The lowest BCUT2D eigenvalue weighted by molar-refractivity contribution is -0.133. The number of nitrogens with zero attached hydrogens (tertiary/aromatic N) is 2. The normalized spacial score (nSPS) is 15.0. The molecular formula is C21H27N3O2. The highest BCUT2D eigenvalue weighted by molar-refractivity contribution is 5.79. The molecule has 138 valence electrons. The predicted octanol–water partition coefficient (Wildman–Crippen LogP) is 2.56. The third-order valence-corrected chi connectivity index (χ3v) is 4.93. The summed E-state index contributed by atoms with van der Waals surface area (Å²) in [5, 5.41) is 0. The maximum absolute atomic E-state index is 12.6. The minimum absolute atomic E-state index is 0.138. The van der Waals surface area contributed by atoms with Crippen LogP contribution in [0.3, 0.4) is 0 Å². The van der Waals surface area contributed by atoms with Crippen LogP contribution in [0.4, 0.5) is 0 Å². The monoisotopic (exact) mass is 353 g/mol. The second kappa shape index (κ2) is 8.70. The third kappa shape index (κ3) is 4.97. The number of benzene rings is 1. The number of aromatic nitrogens is 1. The smallest absolute Gasteiger partial charge is 0.227 e. The average Bonchev–Trinajstić information content (AvgIpc) is 3.01. The van der Waals surface area contributed by atoms with Crippen LogP contribution in [0.15, 0.2) is 42.7 Å². The quantitative estimate of drug-likeness (QED) is 0.898. The highest BCUT2D eigenvalue weighted by Crippen LogP contribution is 2.11. The zero-order valence-electron chi connectivity index (χ0n) is 15.4. The molecule has 0 spiro atoms. The van der Waals surface area contributed by atoms with E-state index in [4.69, 9.17) is 0 Å². The van der Waals surface area contributed by atoms with Crippen LogP contribution in [0.1, 0.15) is 29.5 Å². The molecule has 26 heavy (non-hydrogen) atoms.